The number of H-pyrrole nitrogens is 1. The molecule has 0 bridgehead atoms. The number of nitrogens with zero attached hydrogens (tertiary/aromatic N) is 5. The largest absolute Gasteiger partial charge is 0.340 e. The molecular weight excluding hydrogens is 433 g/mol. The number of benzene rings is 1. The summed E-state index contributed by atoms with van der Waals surface area (Å²) in [6, 6.07) is 5.38. The predicted octanol–water partition coefficient (Wildman–Crippen LogP) is 3.93. The zero-order valence-electron chi connectivity index (χ0n) is 15.0. The summed E-state index contributed by atoms with van der Waals surface area (Å²) in [5, 5.41) is 8.55. The van der Waals surface area contributed by atoms with Crippen LogP contribution >= 0.6 is 35.0 Å². The fourth-order valence-corrected chi connectivity index (χ4v) is 5.22. The number of aromatic amines is 1. The van der Waals surface area contributed by atoms with E-state index in [1.54, 1.807) is 23.1 Å². The highest BCUT2D eigenvalue weighted by Crippen LogP contribution is 2.46. The first-order valence-electron chi connectivity index (χ1n) is 8.63. The lowest BCUT2D eigenvalue weighted by molar-refractivity contribution is -0.113. The topological polar surface area (TPSA) is 101 Å². The summed E-state index contributed by atoms with van der Waals surface area (Å²) in [5.41, 5.74) is 3.65. The number of hydrogen-bond acceptors (Lipinski definition) is 6. The third kappa shape index (κ3) is 3.06. The van der Waals surface area contributed by atoms with Crippen molar-refractivity contribution in [1.29, 1.82) is 0 Å². The molecule has 8 nitrogen and oxygen atoms in total. The fourth-order valence-electron chi connectivity index (χ4n) is 3.41. The van der Waals surface area contributed by atoms with Crippen LogP contribution in [0.5, 0.6) is 0 Å². The number of carbonyl (C=O) groups is 1. The Bertz CT molecular complexity index is 1270. The molecule has 1 amide bonds. The lowest BCUT2D eigenvalue weighted by atomic mass is 10.0. The first-order chi connectivity index (χ1) is 14.0. The van der Waals surface area contributed by atoms with E-state index in [2.05, 4.69) is 30.4 Å². The molecule has 3 aromatic heterocycles. The molecule has 1 atom stereocenters. The average Bonchev–Trinajstić information content (AvgIpc) is 3.24. The molecule has 0 saturated heterocycles. The van der Waals surface area contributed by atoms with Crippen LogP contribution in [0.4, 0.5) is 5.82 Å². The molecule has 2 N–H and O–H groups in total. The van der Waals surface area contributed by atoms with Crippen LogP contribution in [0.3, 0.4) is 0 Å². The number of aromatic nitrogens is 6. The van der Waals surface area contributed by atoms with Gasteiger partial charge in [-0.2, -0.15) is 9.78 Å². The van der Waals surface area contributed by atoms with Crippen LogP contribution < -0.4 is 5.32 Å². The second kappa shape index (κ2) is 7.01. The van der Waals surface area contributed by atoms with Gasteiger partial charge < -0.3 is 10.3 Å². The molecule has 0 saturated carbocycles. The third-order valence-corrected chi connectivity index (χ3v) is 6.47. The smallest absolute Gasteiger partial charge is 0.235 e. The Hall–Kier alpha value is -2.62. The van der Waals surface area contributed by atoms with Crippen molar-refractivity contribution >= 4 is 57.9 Å². The summed E-state index contributed by atoms with van der Waals surface area (Å²) < 4.78 is 1.62. The Morgan fingerprint density at radius 2 is 2.10 bits per heavy atom. The van der Waals surface area contributed by atoms with Crippen LogP contribution in [0.15, 0.2) is 30.9 Å². The van der Waals surface area contributed by atoms with Gasteiger partial charge in [-0.25, -0.2) is 15.0 Å². The zero-order chi connectivity index (χ0) is 20.1. The Balaban J connectivity index is 1.74. The maximum absolute atomic E-state index is 12.5. The van der Waals surface area contributed by atoms with Crippen molar-refractivity contribution in [3.05, 3.63) is 57.7 Å². The SMILES string of the molecule is Cc1nn(-c2ncnc3nc[nH]c23)c2c1C(c1ccc(Cl)cc1Cl)SCC(=O)N2. The minimum Gasteiger partial charge on any atom is -0.340 e. The molecule has 29 heavy (non-hydrogen) atoms. The minimum absolute atomic E-state index is 0.125. The van der Waals surface area contributed by atoms with Crippen molar-refractivity contribution in [3.8, 4) is 5.82 Å². The number of imidazole rings is 1. The quantitative estimate of drug-likeness (QED) is 0.484. The second-order valence-corrected chi connectivity index (χ2v) is 8.40. The maximum atomic E-state index is 12.5. The summed E-state index contributed by atoms with van der Waals surface area (Å²) in [6.45, 7) is 1.90. The van der Waals surface area contributed by atoms with E-state index in [1.807, 2.05) is 13.0 Å². The number of fused-ring (bicyclic) bond motifs is 2. The first-order valence-corrected chi connectivity index (χ1v) is 10.4. The Labute approximate surface area is 179 Å². The number of hydrogen-bond donors (Lipinski definition) is 2. The van der Waals surface area contributed by atoms with Gasteiger partial charge in [-0.15, -0.1) is 11.8 Å². The van der Waals surface area contributed by atoms with Crippen molar-refractivity contribution in [2.75, 3.05) is 11.1 Å². The number of rotatable bonds is 2. The summed E-state index contributed by atoms with van der Waals surface area (Å²) in [7, 11) is 0. The summed E-state index contributed by atoms with van der Waals surface area (Å²) in [5.74, 6) is 1.22. The Morgan fingerprint density at radius 3 is 2.93 bits per heavy atom. The van der Waals surface area contributed by atoms with Gasteiger partial charge in [-0.05, 0) is 24.6 Å². The fraction of sp³-hybridized carbons (Fsp3) is 0.167. The summed E-state index contributed by atoms with van der Waals surface area (Å²) in [4.78, 5) is 28.2. The molecule has 0 fully saturated rings. The highest BCUT2D eigenvalue weighted by atomic mass is 35.5. The van der Waals surface area contributed by atoms with Crippen molar-refractivity contribution in [1.82, 2.24) is 29.7 Å². The molecule has 0 radical (unpaired) electrons. The van der Waals surface area contributed by atoms with Crippen LogP contribution in [-0.2, 0) is 4.79 Å². The van der Waals surface area contributed by atoms with Gasteiger partial charge in [0.2, 0.25) is 5.91 Å². The van der Waals surface area contributed by atoms with Crippen molar-refractivity contribution in [3.63, 3.8) is 0 Å². The van der Waals surface area contributed by atoms with Crippen molar-refractivity contribution in [2.45, 2.75) is 12.2 Å². The normalized spacial score (nSPS) is 16.5. The van der Waals surface area contributed by atoms with Crippen molar-refractivity contribution in [2.24, 2.45) is 0 Å². The van der Waals surface area contributed by atoms with E-state index in [0.29, 0.717) is 32.8 Å². The Morgan fingerprint density at radius 1 is 1.24 bits per heavy atom. The van der Waals surface area contributed by atoms with Crippen LogP contribution in [-0.4, -0.2) is 41.4 Å². The zero-order valence-corrected chi connectivity index (χ0v) is 17.3. The number of amides is 1. The van der Waals surface area contributed by atoms with Crippen LogP contribution in [0.1, 0.15) is 22.1 Å². The van der Waals surface area contributed by atoms with Crippen LogP contribution in [0.25, 0.3) is 17.0 Å². The second-order valence-electron chi connectivity index (χ2n) is 6.46. The molecule has 4 aromatic rings. The number of aryl methyl sites for hydroxylation is 1. The number of thioether (sulfide) groups is 1. The third-order valence-electron chi connectivity index (χ3n) is 4.66. The lowest BCUT2D eigenvalue weighted by Crippen LogP contribution is -2.16. The van der Waals surface area contributed by atoms with E-state index in [0.717, 1.165) is 16.8 Å². The highest BCUT2D eigenvalue weighted by molar-refractivity contribution is 8.00. The van der Waals surface area contributed by atoms with Gasteiger partial charge in [0.05, 0.1) is 23.0 Å². The molecule has 11 heteroatoms. The number of nitrogens with one attached hydrogen (secondary N) is 2. The van der Waals surface area contributed by atoms with Gasteiger partial charge in [0, 0.05) is 15.6 Å². The first kappa shape index (κ1) is 18.4. The van der Waals surface area contributed by atoms with Gasteiger partial charge in [0.1, 0.15) is 17.7 Å². The monoisotopic (exact) mass is 445 g/mol. The van der Waals surface area contributed by atoms with Gasteiger partial charge in [0.25, 0.3) is 0 Å². The maximum Gasteiger partial charge on any atom is 0.235 e. The predicted molar refractivity (Wildman–Crippen MR) is 113 cm³/mol. The van der Waals surface area contributed by atoms with E-state index in [1.165, 1.54) is 18.1 Å². The molecule has 1 aromatic carbocycles. The van der Waals surface area contributed by atoms with E-state index >= 15 is 0 Å². The number of anilines is 1. The minimum atomic E-state index is -0.193. The van der Waals surface area contributed by atoms with E-state index in [4.69, 9.17) is 23.2 Å². The molecule has 1 unspecified atom stereocenters. The van der Waals surface area contributed by atoms with Crippen LogP contribution in [0.2, 0.25) is 10.0 Å². The molecule has 1 aliphatic rings. The lowest BCUT2D eigenvalue weighted by Gasteiger charge is -2.17. The molecule has 4 heterocycles. The molecular formula is C18H13Cl2N7OS. The van der Waals surface area contributed by atoms with Crippen molar-refractivity contribution < 1.29 is 4.79 Å². The number of carbonyl (C=O) groups excluding carboxylic acids is 1. The van der Waals surface area contributed by atoms with Crippen LogP contribution in [0, 0.1) is 6.92 Å². The molecule has 146 valence electrons. The summed E-state index contributed by atoms with van der Waals surface area (Å²) in [6.07, 6.45) is 2.96. The average molecular weight is 446 g/mol. The van der Waals surface area contributed by atoms with Gasteiger partial charge >= 0.3 is 0 Å². The van der Waals surface area contributed by atoms with E-state index in [9.17, 15) is 4.79 Å². The Kier molecular flexibility index (Phi) is 4.45. The molecule has 5 rings (SSSR count). The standard InChI is InChI=1S/C18H13Cl2N7OS/c1-8-13-15(10-3-2-9(19)4-11(10)20)29-5-12(28)25-17(13)27(26-8)18-14-16(22-6-21-14)23-7-24-18/h2-4,6-7,15H,5H2,1H3,(H,25,28)(H,21,22,23,24). The van der Waals surface area contributed by atoms with E-state index in [-0.39, 0.29) is 16.9 Å². The van der Waals surface area contributed by atoms with Gasteiger partial charge in [0.15, 0.2) is 11.5 Å². The highest BCUT2D eigenvalue weighted by Gasteiger charge is 2.32. The van der Waals surface area contributed by atoms with E-state index < -0.39 is 0 Å². The molecule has 0 aliphatic carbocycles. The molecule has 1 aliphatic heterocycles. The number of halogens is 2. The molecule has 0 spiro atoms. The summed E-state index contributed by atoms with van der Waals surface area (Å²) >= 11 is 14.1. The van der Waals surface area contributed by atoms with Gasteiger partial charge in [-0.3, -0.25) is 4.79 Å². The van der Waals surface area contributed by atoms with Gasteiger partial charge in [-0.1, -0.05) is 29.3 Å².